The van der Waals surface area contributed by atoms with Crippen molar-refractivity contribution in [2.24, 2.45) is 0 Å². The van der Waals surface area contributed by atoms with Gasteiger partial charge in [0.1, 0.15) is 0 Å². The fraction of sp³-hybridized carbons (Fsp3) is 0.500. The summed E-state index contributed by atoms with van der Waals surface area (Å²) in [7, 11) is 0. The highest BCUT2D eigenvalue weighted by atomic mass is 16.5. The van der Waals surface area contributed by atoms with Crippen LogP contribution in [0.25, 0.3) is 0 Å². The van der Waals surface area contributed by atoms with Crippen LogP contribution in [0.1, 0.15) is 6.92 Å². The highest BCUT2D eigenvalue weighted by Gasteiger charge is 2.08. The van der Waals surface area contributed by atoms with Crippen molar-refractivity contribution >= 4 is 0 Å². The van der Waals surface area contributed by atoms with E-state index in [1.165, 1.54) is 13.1 Å². The van der Waals surface area contributed by atoms with E-state index in [0.29, 0.717) is 0 Å². The summed E-state index contributed by atoms with van der Waals surface area (Å²) in [4.78, 5) is 0. The van der Waals surface area contributed by atoms with Crippen LogP contribution in [-0.4, -0.2) is 16.1 Å². The molecule has 0 unspecified atom stereocenters. The molecule has 0 aromatic carbocycles. The Morgan fingerprint density at radius 1 is 1.71 bits per heavy atom. The third kappa shape index (κ3) is 5.46. The molecule has 0 amide bonds. The molecule has 0 saturated carbocycles. The molecule has 0 aliphatic heterocycles. The maximum absolute atomic E-state index is 8.39. The van der Waals surface area contributed by atoms with Crippen LogP contribution in [0, 0.1) is 0 Å². The first-order valence-electron chi connectivity index (χ1n) is 1.89. The van der Waals surface area contributed by atoms with E-state index in [4.69, 9.17) is 10.2 Å². The first kappa shape index (κ1) is 6.46. The van der Waals surface area contributed by atoms with Crippen LogP contribution in [0.3, 0.4) is 0 Å². The van der Waals surface area contributed by atoms with Crippen LogP contribution < -0.4 is 5.32 Å². The van der Waals surface area contributed by atoms with Crippen molar-refractivity contribution in [3.05, 3.63) is 12.8 Å². The zero-order valence-electron chi connectivity index (χ0n) is 4.18. The van der Waals surface area contributed by atoms with E-state index < -0.39 is 5.91 Å². The van der Waals surface area contributed by atoms with E-state index >= 15 is 0 Å². The molecule has 0 atom stereocenters. The van der Waals surface area contributed by atoms with Crippen LogP contribution in [0.15, 0.2) is 12.8 Å². The van der Waals surface area contributed by atoms with E-state index in [9.17, 15) is 0 Å². The second kappa shape index (κ2) is 1.95. The Kier molecular flexibility index (Phi) is 1.80. The molecule has 3 N–H and O–H groups in total. The smallest absolute Gasteiger partial charge is 0.240 e. The summed E-state index contributed by atoms with van der Waals surface area (Å²) in [6.07, 6.45) is 1.21. The molecule has 0 aromatic heterocycles. The SMILES string of the molecule is C=CNC(C)(O)O. The Morgan fingerprint density at radius 2 is 2.14 bits per heavy atom. The molecule has 0 spiro atoms. The van der Waals surface area contributed by atoms with E-state index in [1.54, 1.807) is 0 Å². The van der Waals surface area contributed by atoms with Gasteiger partial charge in [0.2, 0.25) is 5.91 Å². The van der Waals surface area contributed by atoms with Crippen LogP contribution in [0.4, 0.5) is 0 Å². The average Bonchev–Trinajstić information content (AvgIpc) is 1.30. The molecule has 0 aromatic rings. The summed E-state index contributed by atoms with van der Waals surface area (Å²) in [5.74, 6) is -1.82. The predicted octanol–water partition coefficient (Wildman–Crippen LogP) is -0.622. The second-order valence-corrected chi connectivity index (χ2v) is 1.37. The van der Waals surface area contributed by atoms with Gasteiger partial charge in [0, 0.05) is 6.92 Å². The van der Waals surface area contributed by atoms with Crippen molar-refractivity contribution in [3.63, 3.8) is 0 Å². The van der Waals surface area contributed by atoms with Crippen LogP contribution >= 0.6 is 0 Å². The van der Waals surface area contributed by atoms with Gasteiger partial charge in [0.25, 0.3) is 0 Å². The van der Waals surface area contributed by atoms with E-state index in [1.807, 2.05) is 0 Å². The van der Waals surface area contributed by atoms with Gasteiger partial charge in [-0.1, -0.05) is 6.58 Å². The minimum absolute atomic E-state index is 1.20. The minimum Gasteiger partial charge on any atom is -0.349 e. The normalized spacial score (nSPS) is 10.7. The maximum atomic E-state index is 8.39. The highest BCUT2D eigenvalue weighted by molar-refractivity contribution is 4.66. The Balaban J connectivity index is 3.34. The van der Waals surface area contributed by atoms with Gasteiger partial charge in [-0.05, 0) is 6.20 Å². The lowest BCUT2D eigenvalue weighted by Gasteiger charge is -2.13. The molecule has 3 nitrogen and oxygen atoms in total. The first-order valence-corrected chi connectivity index (χ1v) is 1.89. The average molecular weight is 103 g/mol. The Morgan fingerprint density at radius 3 is 2.14 bits per heavy atom. The Hall–Kier alpha value is -0.540. The monoisotopic (exact) mass is 103 g/mol. The topological polar surface area (TPSA) is 52.5 Å². The molecule has 0 saturated heterocycles. The predicted molar refractivity (Wildman–Crippen MR) is 26.2 cm³/mol. The van der Waals surface area contributed by atoms with Gasteiger partial charge in [-0.2, -0.15) is 0 Å². The van der Waals surface area contributed by atoms with Crippen LogP contribution in [0.5, 0.6) is 0 Å². The summed E-state index contributed by atoms with van der Waals surface area (Å²) in [5.41, 5.74) is 0. The molecule has 7 heavy (non-hydrogen) atoms. The van der Waals surface area contributed by atoms with Gasteiger partial charge >= 0.3 is 0 Å². The second-order valence-electron chi connectivity index (χ2n) is 1.37. The van der Waals surface area contributed by atoms with Crippen LogP contribution in [-0.2, 0) is 0 Å². The van der Waals surface area contributed by atoms with Crippen molar-refractivity contribution in [3.8, 4) is 0 Å². The van der Waals surface area contributed by atoms with E-state index in [2.05, 4.69) is 11.9 Å². The molecule has 3 heteroatoms. The molecular formula is C4H9NO2. The van der Waals surface area contributed by atoms with Gasteiger partial charge < -0.3 is 15.5 Å². The molecule has 0 heterocycles. The van der Waals surface area contributed by atoms with Gasteiger partial charge in [-0.3, -0.25) is 0 Å². The lowest BCUT2D eigenvalue weighted by molar-refractivity contribution is -0.160. The fourth-order valence-electron chi connectivity index (χ4n) is 0.193. The number of hydrogen-bond acceptors (Lipinski definition) is 3. The fourth-order valence-corrected chi connectivity index (χ4v) is 0.193. The number of hydrogen-bond donors (Lipinski definition) is 3. The van der Waals surface area contributed by atoms with Gasteiger partial charge in [-0.15, -0.1) is 0 Å². The molecule has 0 radical (unpaired) electrons. The summed E-state index contributed by atoms with van der Waals surface area (Å²) in [6, 6.07) is 0. The minimum atomic E-state index is -1.82. The number of rotatable bonds is 2. The zero-order chi connectivity index (χ0) is 5.91. The number of aliphatic hydroxyl groups is 2. The quantitative estimate of drug-likeness (QED) is 0.408. The van der Waals surface area contributed by atoms with Crippen molar-refractivity contribution in [2.75, 3.05) is 0 Å². The van der Waals surface area contributed by atoms with E-state index in [-0.39, 0.29) is 0 Å². The molecule has 0 bridgehead atoms. The maximum Gasteiger partial charge on any atom is 0.240 e. The number of nitrogens with one attached hydrogen (secondary N) is 1. The van der Waals surface area contributed by atoms with Crippen molar-refractivity contribution in [2.45, 2.75) is 12.8 Å². The standard InChI is InChI=1S/C4H9NO2/c1-3-5-4(2,6)7/h3,5-7H,1H2,2H3. The molecule has 42 valence electrons. The van der Waals surface area contributed by atoms with Crippen molar-refractivity contribution in [1.82, 2.24) is 5.32 Å². The lowest BCUT2D eigenvalue weighted by Crippen LogP contribution is -2.37. The zero-order valence-corrected chi connectivity index (χ0v) is 4.18. The Bertz CT molecular complexity index is 64.6. The van der Waals surface area contributed by atoms with Crippen molar-refractivity contribution < 1.29 is 10.2 Å². The van der Waals surface area contributed by atoms with Crippen molar-refractivity contribution in [1.29, 1.82) is 0 Å². The van der Waals surface area contributed by atoms with Crippen LogP contribution in [0.2, 0.25) is 0 Å². The van der Waals surface area contributed by atoms with Gasteiger partial charge in [0.05, 0.1) is 0 Å². The molecule has 0 aliphatic rings. The molecule has 0 aliphatic carbocycles. The first-order chi connectivity index (χ1) is 3.06. The summed E-state index contributed by atoms with van der Waals surface area (Å²) in [5, 5.41) is 18.9. The lowest BCUT2D eigenvalue weighted by atomic mass is 10.6. The molecular weight excluding hydrogens is 94.0 g/mol. The largest absolute Gasteiger partial charge is 0.349 e. The molecule has 0 rings (SSSR count). The van der Waals surface area contributed by atoms with Gasteiger partial charge in [0.15, 0.2) is 0 Å². The third-order valence-corrected chi connectivity index (χ3v) is 0.375. The summed E-state index contributed by atoms with van der Waals surface area (Å²) in [6.45, 7) is 4.42. The molecule has 0 fully saturated rings. The summed E-state index contributed by atoms with van der Waals surface area (Å²) >= 11 is 0. The Labute approximate surface area is 42.3 Å². The highest BCUT2D eigenvalue weighted by Crippen LogP contribution is 1.86. The summed E-state index contributed by atoms with van der Waals surface area (Å²) < 4.78 is 0. The van der Waals surface area contributed by atoms with E-state index in [0.717, 1.165) is 0 Å². The van der Waals surface area contributed by atoms with Gasteiger partial charge in [-0.25, -0.2) is 0 Å². The third-order valence-electron chi connectivity index (χ3n) is 0.375.